The Morgan fingerprint density at radius 2 is 2.23 bits per heavy atom. The first-order chi connectivity index (χ1) is 12.5. The maximum absolute atomic E-state index is 12.1. The molecule has 1 aromatic carbocycles. The molecule has 3 aliphatic rings. The fraction of sp³-hybridized carbons (Fsp3) is 0.421. The Balaban J connectivity index is 2.02. The number of carbonyl (C=O) groups excluding carboxylic acids is 1. The Morgan fingerprint density at radius 1 is 1.42 bits per heavy atom. The van der Waals surface area contributed by atoms with Crippen molar-refractivity contribution in [1.29, 1.82) is 0 Å². The van der Waals surface area contributed by atoms with Crippen LogP contribution in [0.1, 0.15) is 30.9 Å². The topological polar surface area (TPSA) is 87.9 Å². The lowest BCUT2D eigenvalue weighted by Gasteiger charge is -2.47. The number of methoxy groups -OCH3 is 1. The van der Waals surface area contributed by atoms with E-state index in [1.165, 1.54) is 6.08 Å². The van der Waals surface area contributed by atoms with E-state index in [0.717, 1.165) is 11.1 Å². The Bertz CT molecular complexity index is 858. The molecule has 1 aliphatic heterocycles. The Morgan fingerprint density at radius 3 is 2.92 bits per heavy atom. The average molecular weight is 357 g/mol. The number of ether oxygens (including phenoxy) is 3. The van der Waals surface area contributed by atoms with Gasteiger partial charge in [-0.05, 0) is 24.6 Å². The molecule has 0 saturated carbocycles. The highest BCUT2D eigenvalue weighted by molar-refractivity contribution is 5.92. The van der Waals surface area contributed by atoms with E-state index in [1.807, 2.05) is 6.92 Å². The third-order valence-corrected chi connectivity index (χ3v) is 5.41. The quantitative estimate of drug-likeness (QED) is 0.608. The van der Waals surface area contributed by atoms with Crippen LogP contribution in [0.4, 0.5) is 0 Å². The van der Waals surface area contributed by atoms with E-state index in [2.05, 4.69) is 0 Å². The molecule has 1 spiro atoms. The zero-order valence-corrected chi connectivity index (χ0v) is 14.6. The molecule has 0 saturated heterocycles. The molecule has 1 heterocycles. The number of hydrogen-bond donors (Lipinski definition) is 0. The second kappa shape index (κ2) is 5.95. The first-order valence-corrected chi connectivity index (χ1v) is 8.58. The lowest BCUT2D eigenvalue weighted by molar-refractivity contribution is -0.434. The molecule has 7 nitrogen and oxygen atoms in total. The van der Waals surface area contributed by atoms with Crippen molar-refractivity contribution < 1.29 is 23.9 Å². The third-order valence-electron chi connectivity index (χ3n) is 5.41. The minimum atomic E-state index is -0.720. The summed E-state index contributed by atoms with van der Waals surface area (Å²) in [5.74, 6) is 0.424. The summed E-state index contributed by atoms with van der Waals surface area (Å²) in [5, 5.41) is 11.7. The minimum absolute atomic E-state index is 0.0588. The van der Waals surface area contributed by atoms with Crippen molar-refractivity contribution in [3.05, 3.63) is 51.2 Å². The number of carbonyl (C=O) groups is 1. The van der Waals surface area contributed by atoms with Gasteiger partial charge in [0.25, 0.3) is 5.70 Å². The Kier molecular flexibility index (Phi) is 3.84. The van der Waals surface area contributed by atoms with Crippen LogP contribution in [0, 0.1) is 16.0 Å². The summed E-state index contributed by atoms with van der Waals surface area (Å²) in [4.78, 5) is 23.4. The molecular formula is C19H19NO6. The number of nitrogens with zero attached hydrogens (tertiary/aromatic N) is 1. The predicted molar refractivity (Wildman–Crippen MR) is 92.6 cm³/mol. The van der Waals surface area contributed by atoms with Gasteiger partial charge in [0.1, 0.15) is 0 Å². The average Bonchev–Trinajstić information content (AvgIpc) is 2.62. The number of benzene rings is 1. The highest BCUT2D eigenvalue weighted by Crippen LogP contribution is 2.58. The summed E-state index contributed by atoms with van der Waals surface area (Å²) < 4.78 is 17.2. The van der Waals surface area contributed by atoms with E-state index in [0.29, 0.717) is 24.5 Å². The molecule has 1 aromatic rings. The van der Waals surface area contributed by atoms with Crippen LogP contribution in [-0.2, 0) is 14.9 Å². The second-order valence-electron chi connectivity index (χ2n) is 6.69. The van der Waals surface area contributed by atoms with Gasteiger partial charge in [0.05, 0.1) is 18.0 Å². The summed E-state index contributed by atoms with van der Waals surface area (Å²) in [6, 6.07) is 3.54. The molecule has 0 fully saturated rings. The van der Waals surface area contributed by atoms with Gasteiger partial charge >= 0.3 is 0 Å². The molecule has 136 valence electrons. The van der Waals surface area contributed by atoms with Crippen molar-refractivity contribution in [1.82, 2.24) is 0 Å². The highest BCUT2D eigenvalue weighted by atomic mass is 16.7. The summed E-state index contributed by atoms with van der Waals surface area (Å²) in [7, 11) is 1.55. The number of nitro groups is 1. The highest BCUT2D eigenvalue weighted by Gasteiger charge is 2.56. The fourth-order valence-electron chi connectivity index (χ4n) is 4.37. The van der Waals surface area contributed by atoms with Crippen LogP contribution < -0.4 is 9.47 Å². The summed E-state index contributed by atoms with van der Waals surface area (Å²) in [6.45, 7) is 2.31. The zero-order chi connectivity index (χ0) is 18.5. The maximum atomic E-state index is 12.1. The monoisotopic (exact) mass is 357 g/mol. The fourth-order valence-corrected chi connectivity index (χ4v) is 4.37. The standard InChI is InChI=1S/C19H19NO6/c1-3-25-16-10-19-7-6-12(21)9-13(19)14(20(22)23)8-11-4-5-15(24-2)18(26-16)17(11)19/h4-8,13,16H,3,9-10H2,1-2H3/t13-,16+,19+/m0/s1. The third kappa shape index (κ3) is 2.27. The van der Waals surface area contributed by atoms with Crippen molar-refractivity contribution in [2.24, 2.45) is 5.92 Å². The molecule has 0 amide bonds. The van der Waals surface area contributed by atoms with Gasteiger partial charge in [-0.15, -0.1) is 0 Å². The smallest absolute Gasteiger partial charge is 0.251 e. The predicted octanol–water partition coefficient (Wildman–Crippen LogP) is 2.85. The van der Waals surface area contributed by atoms with Crippen LogP contribution in [0.3, 0.4) is 0 Å². The summed E-state index contributed by atoms with van der Waals surface area (Å²) in [6.07, 6.45) is 4.82. The van der Waals surface area contributed by atoms with E-state index >= 15 is 0 Å². The van der Waals surface area contributed by atoms with Gasteiger partial charge in [-0.25, -0.2) is 0 Å². The second-order valence-corrected chi connectivity index (χ2v) is 6.69. The van der Waals surface area contributed by atoms with Crippen LogP contribution in [0.15, 0.2) is 30.0 Å². The molecular weight excluding hydrogens is 338 g/mol. The lowest BCUT2D eigenvalue weighted by Crippen LogP contribution is -2.49. The molecule has 0 N–H and O–H groups in total. The number of hydrogen-bond acceptors (Lipinski definition) is 6. The normalized spacial score (nSPS) is 28.5. The summed E-state index contributed by atoms with van der Waals surface area (Å²) >= 11 is 0. The van der Waals surface area contributed by atoms with E-state index < -0.39 is 17.6 Å². The van der Waals surface area contributed by atoms with E-state index in [9.17, 15) is 14.9 Å². The molecule has 3 atom stereocenters. The van der Waals surface area contributed by atoms with Gasteiger partial charge < -0.3 is 14.2 Å². The van der Waals surface area contributed by atoms with E-state index in [-0.39, 0.29) is 22.8 Å². The van der Waals surface area contributed by atoms with Gasteiger partial charge in [0.15, 0.2) is 17.3 Å². The van der Waals surface area contributed by atoms with E-state index in [4.69, 9.17) is 14.2 Å². The van der Waals surface area contributed by atoms with Crippen LogP contribution in [0.25, 0.3) is 6.08 Å². The largest absolute Gasteiger partial charge is 0.493 e. The van der Waals surface area contributed by atoms with Crippen molar-refractivity contribution in [2.75, 3.05) is 13.7 Å². The van der Waals surface area contributed by atoms with Crippen LogP contribution in [0.5, 0.6) is 11.5 Å². The molecule has 0 aromatic heterocycles. The minimum Gasteiger partial charge on any atom is -0.493 e. The molecule has 0 unspecified atom stereocenters. The van der Waals surface area contributed by atoms with Gasteiger partial charge in [0, 0.05) is 36.5 Å². The number of allylic oxidation sites excluding steroid dienone is 3. The molecule has 2 aliphatic carbocycles. The number of rotatable bonds is 4. The van der Waals surface area contributed by atoms with Crippen LogP contribution in [-0.4, -0.2) is 30.7 Å². The van der Waals surface area contributed by atoms with Gasteiger partial charge in [-0.2, -0.15) is 0 Å². The molecule has 7 heteroatoms. The van der Waals surface area contributed by atoms with Crippen molar-refractivity contribution >= 4 is 11.9 Å². The molecule has 4 rings (SSSR count). The number of ketones is 1. The van der Waals surface area contributed by atoms with Gasteiger partial charge in [-0.3, -0.25) is 14.9 Å². The Labute approximate surface area is 150 Å². The maximum Gasteiger partial charge on any atom is 0.251 e. The zero-order valence-electron chi connectivity index (χ0n) is 14.6. The lowest BCUT2D eigenvalue weighted by atomic mass is 9.58. The summed E-state index contributed by atoms with van der Waals surface area (Å²) in [5.41, 5.74) is 0.899. The van der Waals surface area contributed by atoms with Crippen LogP contribution in [0.2, 0.25) is 0 Å². The van der Waals surface area contributed by atoms with Gasteiger partial charge in [-0.1, -0.05) is 12.1 Å². The van der Waals surface area contributed by atoms with Crippen molar-refractivity contribution in [3.63, 3.8) is 0 Å². The molecule has 0 bridgehead atoms. The molecule has 26 heavy (non-hydrogen) atoms. The first kappa shape index (κ1) is 16.8. The van der Waals surface area contributed by atoms with Gasteiger partial charge in [0.2, 0.25) is 6.29 Å². The van der Waals surface area contributed by atoms with Crippen LogP contribution >= 0.6 is 0 Å². The van der Waals surface area contributed by atoms with Crippen molar-refractivity contribution in [3.8, 4) is 11.5 Å². The molecule has 0 radical (unpaired) electrons. The SMILES string of the molecule is CCO[C@H]1C[C@]23C=CC(=O)C[C@H]2C([N+](=O)[O-])=Cc2ccc(OC)c(c23)O1. The van der Waals surface area contributed by atoms with Crippen molar-refractivity contribution in [2.45, 2.75) is 31.5 Å². The van der Waals surface area contributed by atoms with E-state index in [1.54, 1.807) is 31.4 Å². The first-order valence-electron chi connectivity index (χ1n) is 8.58. The Hall–Kier alpha value is -2.67.